The van der Waals surface area contributed by atoms with E-state index in [0.717, 1.165) is 94.1 Å². The Labute approximate surface area is 633 Å². The highest BCUT2D eigenvalue weighted by atomic mass is 32.2. The number of allylic oxidation sites excluding steroid dienone is 6. The summed E-state index contributed by atoms with van der Waals surface area (Å²) in [4.78, 5) is 24.7. The molecule has 0 bridgehead atoms. The molecular formula is C77H104N6O20S4+2. The van der Waals surface area contributed by atoms with E-state index in [1.807, 2.05) is 79.5 Å². The maximum absolute atomic E-state index is 13.0. The summed E-state index contributed by atoms with van der Waals surface area (Å²) in [6.45, 7) is 23.2. The molecular weight excluding hydrogens is 1460 g/mol. The Morgan fingerprint density at radius 1 is 0.570 bits per heavy atom. The first-order valence-corrected chi connectivity index (χ1v) is 42.0. The Bertz CT molecular complexity index is 4500. The molecule has 0 saturated carbocycles. The van der Waals surface area contributed by atoms with Gasteiger partial charge in [0.1, 0.15) is 0 Å². The summed E-state index contributed by atoms with van der Waals surface area (Å²) < 4.78 is 149. The number of carbonyl (C=O) groups is 1. The molecule has 5 N–H and O–H groups in total. The van der Waals surface area contributed by atoms with Gasteiger partial charge >= 0.3 is 28.7 Å². The SMILES string of the molecule is CCN(CC)c1ccc2c(/C=C/C=C3\N(CCCSOOO)c4cc(S(=O)(=O)O)ccc4C3(C)CCN3CCOCCOCCOCCN(CCC4(CCCC(=O)O)/C(=C/C=C/c5cc(C)[o+]c6cc(N(CC)CC)ccc56)N(CCCS(=O)(=O)O)c5cc(S(=O)(=O)O)ccc54)CCOCC3)cc(C)[o+]c2c1. The van der Waals surface area contributed by atoms with Crippen LogP contribution in [0, 0.1) is 13.8 Å². The molecule has 3 aliphatic rings. The highest BCUT2D eigenvalue weighted by molar-refractivity contribution is 7.94. The van der Waals surface area contributed by atoms with Crippen LogP contribution in [0.4, 0.5) is 22.7 Å². The van der Waals surface area contributed by atoms with E-state index in [1.54, 1.807) is 12.1 Å². The lowest BCUT2D eigenvalue weighted by atomic mass is 9.72. The second-order valence-electron chi connectivity index (χ2n) is 27.0. The van der Waals surface area contributed by atoms with E-state index in [1.165, 1.54) is 24.3 Å². The van der Waals surface area contributed by atoms with Crippen molar-refractivity contribution in [1.29, 1.82) is 0 Å². The summed E-state index contributed by atoms with van der Waals surface area (Å²) in [6.07, 6.45) is 13.3. The minimum atomic E-state index is -4.77. The minimum Gasteiger partial charge on any atom is -0.481 e. The number of carboxylic acid groups (broad SMARTS) is 1. The van der Waals surface area contributed by atoms with Crippen LogP contribution in [0.25, 0.3) is 34.1 Å². The number of aliphatic carboxylic acids is 1. The first kappa shape index (κ1) is 84.1. The average Bonchev–Trinajstić information content (AvgIpc) is 1.58. The van der Waals surface area contributed by atoms with E-state index < -0.39 is 57.8 Å². The van der Waals surface area contributed by atoms with Crippen LogP contribution in [-0.4, -0.2) is 208 Å². The summed E-state index contributed by atoms with van der Waals surface area (Å²) in [6, 6.07) is 25.2. The molecule has 6 aromatic rings. The maximum Gasteiger partial charge on any atom is 0.362 e. The number of carboxylic acids is 1. The first-order valence-electron chi connectivity index (χ1n) is 36.6. The molecule has 584 valence electrons. The average molecular weight is 1560 g/mol. The van der Waals surface area contributed by atoms with Crippen LogP contribution in [0.5, 0.6) is 0 Å². The van der Waals surface area contributed by atoms with E-state index >= 15 is 0 Å². The third-order valence-electron chi connectivity index (χ3n) is 20.2. The van der Waals surface area contributed by atoms with Crippen LogP contribution in [0.1, 0.15) is 113 Å². The van der Waals surface area contributed by atoms with Crippen molar-refractivity contribution >= 4 is 105 Å². The quantitative estimate of drug-likeness (QED) is 0.00654. The van der Waals surface area contributed by atoms with Gasteiger partial charge < -0.3 is 43.7 Å². The fourth-order valence-corrected chi connectivity index (χ4v) is 16.6. The fraction of sp³-hybridized carbons (Fsp3) is 0.494. The molecule has 1 fully saturated rings. The second kappa shape index (κ2) is 39.1. The Morgan fingerprint density at radius 3 is 1.51 bits per heavy atom. The van der Waals surface area contributed by atoms with Crippen molar-refractivity contribution in [3.63, 3.8) is 0 Å². The summed E-state index contributed by atoms with van der Waals surface area (Å²) in [5.41, 5.74) is 7.39. The van der Waals surface area contributed by atoms with E-state index in [2.05, 4.69) is 88.4 Å². The number of anilines is 4. The number of rotatable bonds is 32. The number of ether oxygens (including phenoxy) is 4. The number of benzene rings is 4. The predicted octanol–water partition coefficient (Wildman–Crippen LogP) is 13.0. The van der Waals surface area contributed by atoms with Gasteiger partial charge in [-0.3, -0.25) is 28.3 Å². The summed E-state index contributed by atoms with van der Waals surface area (Å²) in [5, 5.41) is 24.7. The molecule has 0 aliphatic carbocycles. The molecule has 0 radical (unpaired) electrons. The Hall–Kier alpha value is -6.95. The van der Waals surface area contributed by atoms with Crippen LogP contribution >= 0.6 is 12.0 Å². The predicted molar refractivity (Wildman–Crippen MR) is 418 cm³/mol. The van der Waals surface area contributed by atoms with Gasteiger partial charge in [0.25, 0.3) is 30.4 Å². The van der Waals surface area contributed by atoms with Crippen LogP contribution in [-0.2, 0) is 74.3 Å². The fourth-order valence-electron chi connectivity index (χ4n) is 14.8. The van der Waals surface area contributed by atoms with Gasteiger partial charge in [0, 0.05) is 158 Å². The lowest BCUT2D eigenvalue weighted by molar-refractivity contribution is -0.432. The number of fused-ring (bicyclic) bond motifs is 4. The van der Waals surface area contributed by atoms with Gasteiger partial charge in [-0.25, -0.2) is 14.1 Å². The molecule has 30 heteroatoms. The zero-order valence-electron chi connectivity index (χ0n) is 62.2. The smallest absolute Gasteiger partial charge is 0.362 e. The third kappa shape index (κ3) is 22.4. The van der Waals surface area contributed by atoms with Crippen molar-refractivity contribution in [2.45, 2.75) is 114 Å². The highest BCUT2D eigenvalue weighted by Gasteiger charge is 2.48. The zero-order chi connectivity index (χ0) is 76.9. The van der Waals surface area contributed by atoms with E-state index in [9.17, 15) is 48.8 Å². The van der Waals surface area contributed by atoms with E-state index in [4.69, 9.17) is 37.4 Å². The number of aryl methyl sites for hydroxylation is 2. The van der Waals surface area contributed by atoms with Crippen molar-refractivity contribution in [1.82, 2.24) is 9.80 Å². The molecule has 4 aromatic carbocycles. The van der Waals surface area contributed by atoms with Crippen LogP contribution in [0.15, 0.2) is 139 Å². The van der Waals surface area contributed by atoms with Crippen LogP contribution < -0.4 is 19.6 Å². The molecule has 5 heterocycles. The lowest BCUT2D eigenvalue weighted by Crippen LogP contribution is -2.39. The standard InChI is InChI=1S/C77H102N6O20S4/c1-8-80(9-2)61-22-26-65-59(51-57(5)100-71(65)53-61)17-12-19-73-76(7,67-28-24-63(106(90,91)92)55-69(67)82(73)33-15-49-104-103-102-86)31-35-78-37-41-96-42-38-79(40-44-98-46-48-99-47-45-97-43-39-78)36-32-77(30-14-21-75(84)85)68-29-25-64(107(93,94)95)56-70(68)83(34-16-50-105(87,88)89)74(77)20-13-18-60-52-58(6)101-72-54-62(23-27-66(60)72)81(10-3)11-4/h12-13,17-20,22-29,51-56H,8-11,14-16,21,30-50H2,1-7H3,(H3-2,84,85,86,87,88,89,90,91,92,93,94,95)/p+2/b17-12+,18-13+,73-19-,74-20-. The van der Waals surface area contributed by atoms with Crippen LogP contribution in [0.3, 0.4) is 0 Å². The van der Waals surface area contributed by atoms with Crippen molar-refractivity contribution in [3.05, 3.63) is 154 Å². The van der Waals surface area contributed by atoms with Gasteiger partial charge in [0.2, 0.25) is 0 Å². The van der Waals surface area contributed by atoms with Gasteiger partial charge in [-0.2, -0.15) is 25.3 Å². The first-order chi connectivity index (χ1) is 51.2. The topological polar surface area (TPSA) is 318 Å². The van der Waals surface area contributed by atoms with Crippen molar-refractivity contribution in [3.8, 4) is 0 Å². The van der Waals surface area contributed by atoms with Gasteiger partial charge in [-0.15, -0.1) is 4.33 Å². The van der Waals surface area contributed by atoms with Crippen molar-refractivity contribution in [2.24, 2.45) is 0 Å². The van der Waals surface area contributed by atoms with Crippen molar-refractivity contribution in [2.75, 3.05) is 162 Å². The highest BCUT2D eigenvalue weighted by Crippen LogP contribution is 2.55. The molecule has 0 amide bonds. The van der Waals surface area contributed by atoms with Gasteiger partial charge in [-0.1, -0.05) is 41.5 Å². The van der Waals surface area contributed by atoms with E-state index in [0.29, 0.717) is 151 Å². The molecule has 26 nitrogen and oxygen atoms in total. The molecule has 2 atom stereocenters. The minimum absolute atomic E-state index is 0.0158. The molecule has 0 spiro atoms. The Balaban J connectivity index is 1.02. The number of nitrogens with zero attached hydrogens (tertiary/aromatic N) is 6. The molecule has 9 rings (SSSR count). The molecule has 3 aliphatic heterocycles. The summed E-state index contributed by atoms with van der Waals surface area (Å²) in [7, 11) is -13.9. The zero-order valence-corrected chi connectivity index (χ0v) is 65.5. The number of hydrogen-bond acceptors (Lipinski definition) is 21. The van der Waals surface area contributed by atoms with Gasteiger partial charge in [0.05, 0.1) is 105 Å². The molecule has 2 aromatic heterocycles. The summed E-state index contributed by atoms with van der Waals surface area (Å²) >= 11 is 0.916. The van der Waals surface area contributed by atoms with Crippen molar-refractivity contribution < 1.29 is 91.2 Å². The largest absolute Gasteiger partial charge is 0.481 e. The van der Waals surface area contributed by atoms with E-state index in [-0.39, 0.29) is 43.7 Å². The Kier molecular flexibility index (Phi) is 30.7. The number of hydrogen-bond donors (Lipinski definition) is 5. The second-order valence-corrected chi connectivity index (χ2v) is 32.2. The maximum atomic E-state index is 13.0. The summed E-state index contributed by atoms with van der Waals surface area (Å²) in [5.74, 6) is 0.164. The normalized spacial score (nSPS) is 19.5. The molecule has 1 saturated heterocycles. The molecule has 2 unspecified atom stereocenters. The van der Waals surface area contributed by atoms with Gasteiger partial charge in [-0.05, 0) is 158 Å². The molecule has 107 heavy (non-hydrogen) atoms. The van der Waals surface area contributed by atoms with Gasteiger partial charge in [0.15, 0.2) is 0 Å². The third-order valence-corrected chi connectivity index (χ3v) is 23.3. The monoisotopic (exact) mass is 1560 g/mol. The van der Waals surface area contributed by atoms with Crippen LogP contribution in [0.2, 0.25) is 0 Å². The Morgan fingerprint density at radius 2 is 1.03 bits per heavy atom. The lowest BCUT2D eigenvalue weighted by Gasteiger charge is -2.36.